The normalized spacial score (nSPS) is 17.2. The summed E-state index contributed by atoms with van der Waals surface area (Å²) in [5.74, 6) is -0.140. The molecule has 28 heavy (non-hydrogen) atoms. The largest absolute Gasteiger partial charge is 0.376 e. The van der Waals surface area contributed by atoms with Crippen molar-refractivity contribution in [1.82, 2.24) is 24.6 Å². The van der Waals surface area contributed by atoms with Gasteiger partial charge in [0.15, 0.2) is 0 Å². The number of ether oxygens (including phenoxy) is 2. The fourth-order valence-electron chi connectivity index (χ4n) is 3.40. The summed E-state index contributed by atoms with van der Waals surface area (Å²) in [5.41, 5.74) is 5.73. The monoisotopic (exact) mass is 383 g/mol. The molecule has 4 rings (SSSR count). The highest BCUT2D eigenvalue weighted by Gasteiger charge is 2.22. The van der Waals surface area contributed by atoms with Crippen LogP contribution in [0.5, 0.6) is 0 Å². The molecule has 1 amide bonds. The highest BCUT2D eigenvalue weighted by atomic mass is 16.6. The van der Waals surface area contributed by atoms with E-state index in [0.29, 0.717) is 38.6 Å². The maximum atomic E-state index is 12.7. The topological polar surface area (TPSA) is 85.3 Å². The fraction of sp³-hybridized carbons (Fsp3) is 0.450. The average Bonchev–Trinajstić information content (AvgIpc) is 3.30. The number of aromatic nitrogens is 4. The third-order valence-corrected chi connectivity index (χ3v) is 5.14. The lowest BCUT2D eigenvalue weighted by Crippen LogP contribution is -2.40. The van der Waals surface area contributed by atoms with Crippen LogP contribution < -0.4 is 0 Å². The Bertz CT molecular complexity index is 987. The number of aromatic amines is 1. The van der Waals surface area contributed by atoms with Crippen LogP contribution in [-0.2, 0) is 16.0 Å². The van der Waals surface area contributed by atoms with Gasteiger partial charge in [-0.15, -0.1) is 0 Å². The molecular formula is C20H25N5O3. The molecule has 1 aromatic carbocycles. The number of hydrogen-bond acceptors (Lipinski definition) is 5. The summed E-state index contributed by atoms with van der Waals surface area (Å²) in [7, 11) is 1.75. The SMILES string of the molecule is Cc1cc2ncn(Cc3cc(C(=O)N(C)C[C@@H]4COCCO4)n[nH]3)c2cc1C. The number of carbonyl (C=O) groups excluding carboxylic acids is 1. The number of fused-ring (bicyclic) bond motifs is 1. The number of nitrogens with one attached hydrogen (secondary N) is 1. The Morgan fingerprint density at radius 2 is 2.11 bits per heavy atom. The smallest absolute Gasteiger partial charge is 0.274 e. The molecule has 0 aliphatic carbocycles. The van der Waals surface area contributed by atoms with E-state index in [-0.39, 0.29) is 12.0 Å². The van der Waals surface area contributed by atoms with Crippen LogP contribution in [0.3, 0.4) is 0 Å². The van der Waals surface area contributed by atoms with Gasteiger partial charge in [0.25, 0.3) is 5.91 Å². The first kappa shape index (κ1) is 18.6. The highest BCUT2D eigenvalue weighted by Crippen LogP contribution is 2.19. The maximum absolute atomic E-state index is 12.7. The van der Waals surface area contributed by atoms with Crippen molar-refractivity contribution in [3.05, 3.63) is 47.0 Å². The molecule has 1 aliphatic heterocycles. The molecule has 0 radical (unpaired) electrons. The van der Waals surface area contributed by atoms with Gasteiger partial charge in [-0.3, -0.25) is 9.89 Å². The lowest BCUT2D eigenvalue weighted by Gasteiger charge is -2.27. The Labute approximate surface area is 163 Å². The van der Waals surface area contributed by atoms with E-state index in [9.17, 15) is 4.79 Å². The average molecular weight is 383 g/mol. The third-order valence-electron chi connectivity index (χ3n) is 5.14. The Hall–Kier alpha value is -2.71. The molecule has 1 fully saturated rings. The van der Waals surface area contributed by atoms with E-state index in [0.717, 1.165) is 16.7 Å². The molecule has 8 nitrogen and oxygen atoms in total. The van der Waals surface area contributed by atoms with Gasteiger partial charge in [-0.25, -0.2) is 4.98 Å². The predicted molar refractivity (Wildman–Crippen MR) is 104 cm³/mol. The first-order chi connectivity index (χ1) is 13.5. The van der Waals surface area contributed by atoms with Crippen molar-refractivity contribution in [3.63, 3.8) is 0 Å². The maximum Gasteiger partial charge on any atom is 0.274 e. The van der Waals surface area contributed by atoms with E-state index < -0.39 is 0 Å². The Balaban J connectivity index is 1.45. The van der Waals surface area contributed by atoms with Crippen LogP contribution >= 0.6 is 0 Å². The summed E-state index contributed by atoms with van der Waals surface area (Å²) in [6.45, 7) is 6.91. The second kappa shape index (κ2) is 7.73. The predicted octanol–water partition coefficient (Wildman–Crippen LogP) is 1.91. The molecule has 148 valence electrons. The van der Waals surface area contributed by atoms with Crippen LogP contribution in [0.1, 0.15) is 27.3 Å². The molecule has 1 aliphatic rings. The summed E-state index contributed by atoms with van der Waals surface area (Å²) >= 11 is 0. The minimum absolute atomic E-state index is 0.0925. The minimum Gasteiger partial charge on any atom is -0.376 e. The van der Waals surface area contributed by atoms with Crippen molar-refractivity contribution in [2.24, 2.45) is 0 Å². The van der Waals surface area contributed by atoms with E-state index in [2.05, 4.69) is 45.7 Å². The number of imidazole rings is 1. The molecular weight excluding hydrogens is 358 g/mol. The quantitative estimate of drug-likeness (QED) is 0.727. The molecule has 3 aromatic rings. The van der Waals surface area contributed by atoms with Gasteiger partial charge in [0.05, 0.1) is 55.5 Å². The first-order valence-electron chi connectivity index (χ1n) is 9.42. The van der Waals surface area contributed by atoms with Crippen LogP contribution in [0.4, 0.5) is 0 Å². The molecule has 0 bridgehead atoms. The molecule has 2 aromatic heterocycles. The molecule has 1 saturated heterocycles. The number of nitrogens with zero attached hydrogens (tertiary/aromatic N) is 4. The van der Waals surface area contributed by atoms with E-state index >= 15 is 0 Å². The van der Waals surface area contributed by atoms with Crippen molar-refractivity contribution >= 4 is 16.9 Å². The van der Waals surface area contributed by atoms with Crippen molar-refractivity contribution < 1.29 is 14.3 Å². The molecule has 8 heteroatoms. The van der Waals surface area contributed by atoms with Crippen LogP contribution in [0.2, 0.25) is 0 Å². The number of amides is 1. The van der Waals surface area contributed by atoms with Gasteiger partial charge in [-0.05, 0) is 43.2 Å². The van der Waals surface area contributed by atoms with Crippen LogP contribution in [-0.4, -0.2) is 70.1 Å². The molecule has 1 N–H and O–H groups in total. The number of H-pyrrole nitrogens is 1. The van der Waals surface area contributed by atoms with Gasteiger partial charge >= 0.3 is 0 Å². The summed E-state index contributed by atoms with van der Waals surface area (Å²) in [6.07, 6.45) is 1.73. The molecule has 0 spiro atoms. The number of benzene rings is 1. The zero-order valence-corrected chi connectivity index (χ0v) is 16.4. The van der Waals surface area contributed by atoms with Crippen LogP contribution in [0, 0.1) is 13.8 Å². The molecule has 1 atom stereocenters. The van der Waals surface area contributed by atoms with Gasteiger partial charge < -0.3 is 18.9 Å². The van der Waals surface area contributed by atoms with Crippen LogP contribution in [0.15, 0.2) is 24.5 Å². The van der Waals surface area contributed by atoms with E-state index in [4.69, 9.17) is 9.47 Å². The minimum atomic E-state index is -0.140. The number of carbonyl (C=O) groups is 1. The fourth-order valence-corrected chi connectivity index (χ4v) is 3.40. The van der Waals surface area contributed by atoms with E-state index in [1.54, 1.807) is 18.0 Å². The Morgan fingerprint density at radius 1 is 1.29 bits per heavy atom. The zero-order valence-electron chi connectivity index (χ0n) is 16.4. The summed E-state index contributed by atoms with van der Waals surface area (Å²) in [6, 6.07) is 6.03. The van der Waals surface area contributed by atoms with Gasteiger partial charge in [0.1, 0.15) is 5.69 Å². The summed E-state index contributed by atoms with van der Waals surface area (Å²) in [4.78, 5) is 18.8. The number of aryl methyl sites for hydroxylation is 2. The zero-order chi connectivity index (χ0) is 19.7. The third kappa shape index (κ3) is 3.79. The van der Waals surface area contributed by atoms with E-state index in [1.807, 2.05) is 6.33 Å². The first-order valence-corrected chi connectivity index (χ1v) is 9.42. The number of rotatable bonds is 5. The lowest BCUT2D eigenvalue weighted by atomic mass is 10.1. The molecule has 3 heterocycles. The molecule has 0 saturated carbocycles. The van der Waals surface area contributed by atoms with Gasteiger partial charge in [-0.2, -0.15) is 5.10 Å². The van der Waals surface area contributed by atoms with Crippen molar-refractivity contribution in [3.8, 4) is 0 Å². The Morgan fingerprint density at radius 3 is 2.89 bits per heavy atom. The highest BCUT2D eigenvalue weighted by molar-refractivity contribution is 5.92. The van der Waals surface area contributed by atoms with Gasteiger partial charge in [0.2, 0.25) is 0 Å². The number of hydrogen-bond donors (Lipinski definition) is 1. The van der Waals surface area contributed by atoms with Crippen molar-refractivity contribution in [1.29, 1.82) is 0 Å². The number of likely N-dealkylation sites (N-methyl/N-ethyl adjacent to an activating group) is 1. The van der Waals surface area contributed by atoms with Crippen molar-refractivity contribution in [2.45, 2.75) is 26.5 Å². The van der Waals surface area contributed by atoms with Gasteiger partial charge in [-0.1, -0.05) is 0 Å². The molecule has 0 unspecified atom stereocenters. The van der Waals surface area contributed by atoms with Crippen LogP contribution in [0.25, 0.3) is 11.0 Å². The van der Waals surface area contributed by atoms with Crippen molar-refractivity contribution in [2.75, 3.05) is 33.4 Å². The Kier molecular flexibility index (Phi) is 5.15. The lowest BCUT2D eigenvalue weighted by molar-refractivity contribution is -0.0933. The summed E-state index contributed by atoms with van der Waals surface area (Å²) in [5, 5.41) is 7.17. The van der Waals surface area contributed by atoms with Gasteiger partial charge in [0, 0.05) is 13.6 Å². The second-order valence-electron chi connectivity index (χ2n) is 7.33. The standard InChI is InChI=1S/C20H25N5O3/c1-13-6-17-19(7-14(13)2)25(12-21-17)9-15-8-18(23-22-15)20(26)24(3)10-16-11-27-4-5-28-16/h6-8,12,16H,4-5,9-11H2,1-3H3,(H,22,23)/t16-/m1/s1. The summed E-state index contributed by atoms with van der Waals surface area (Å²) < 4.78 is 13.1. The van der Waals surface area contributed by atoms with E-state index in [1.165, 1.54) is 11.1 Å². The second-order valence-corrected chi connectivity index (χ2v) is 7.33.